The van der Waals surface area contributed by atoms with Crippen molar-refractivity contribution in [3.05, 3.63) is 91.7 Å². The maximum absolute atomic E-state index is 14.3. The number of aryl methyl sites for hydroxylation is 1. The third-order valence-electron chi connectivity index (χ3n) is 7.82. The number of carbonyl (C=O) groups is 1. The molecule has 6 rings (SSSR count). The molecule has 42 heavy (non-hydrogen) atoms. The minimum absolute atomic E-state index is 0.0292. The minimum atomic E-state index is -4.62. The van der Waals surface area contributed by atoms with Gasteiger partial charge in [0.05, 0.1) is 47.0 Å². The van der Waals surface area contributed by atoms with E-state index in [0.29, 0.717) is 29.0 Å². The molecule has 3 aromatic heterocycles. The molecule has 12 heteroatoms. The maximum atomic E-state index is 14.3. The Morgan fingerprint density at radius 3 is 2.64 bits per heavy atom. The normalized spacial score (nSPS) is 15.6. The Labute approximate surface area is 247 Å². The van der Waals surface area contributed by atoms with E-state index in [-0.39, 0.29) is 34.5 Å². The van der Waals surface area contributed by atoms with Gasteiger partial charge in [-0.2, -0.15) is 18.3 Å². The van der Waals surface area contributed by atoms with Crippen LogP contribution in [0.4, 0.5) is 13.2 Å². The van der Waals surface area contributed by atoms with Crippen LogP contribution in [0.15, 0.2) is 58.2 Å². The average molecular weight is 641 g/mol. The van der Waals surface area contributed by atoms with E-state index in [1.54, 1.807) is 28.5 Å². The molecule has 0 radical (unpaired) electrons. The summed E-state index contributed by atoms with van der Waals surface area (Å²) in [4.78, 5) is 33.8. The molecular formula is C30H28BrF3N6O2. The highest BCUT2D eigenvalue weighted by molar-refractivity contribution is 9.10. The highest BCUT2D eigenvalue weighted by atomic mass is 79.9. The van der Waals surface area contributed by atoms with E-state index < -0.39 is 23.7 Å². The second kappa shape index (κ2) is 10.1. The quantitative estimate of drug-likeness (QED) is 0.244. The summed E-state index contributed by atoms with van der Waals surface area (Å²) in [7, 11) is 1.91. The Kier molecular flexibility index (Phi) is 6.79. The van der Waals surface area contributed by atoms with Crippen LogP contribution >= 0.6 is 15.9 Å². The van der Waals surface area contributed by atoms with Crippen molar-refractivity contribution in [3.63, 3.8) is 0 Å². The fourth-order valence-electron chi connectivity index (χ4n) is 5.78. The van der Waals surface area contributed by atoms with E-state index in [4.69, 9.17) is 0 Å². The van der Waals surface area contributed by atoms with Gasteiger partial charge in [0.15, 0.2) is 0 Å². The highest BCUT2D eigenvalue weighted by Crippen LogP contribution is 2.36. The summed E-state index contributed by atoms with van der Waals surface area (Å²) in [6.07, 6.45) is -0.249. The molecule has 4 heterocycles. The van der Waals surface area contributed by atoms with Crippen LogP contribution in [0, 0.1) is 5.92 Å². The SMILES string of the molecule is CC(C)Cc1cnn2c3c(c(=O)n(-c4ccc5c(c4)ncn5C)c12)C[C@@H](C)N(C(=O)c1ccc(Br)c(C(F)(F)F)c1)C3. The van der Waals surface area contributed by atoms with Crippen LogP contribution in [0.3, 0.4) is 0 Å². The molecule has 1 atom stereocenters. The molecule has 1 aliphatic rings. The highest BCUT2D eigenvalue weighted by Gasteiger charge is 2.36. The molecule has 1 aliphatic heterocycles. The van der Waals surface area contributed by atoms with Gasteiger partial charge in [-0.15, -0.1) is 0 Å². The Hall–Kier alpha value is -3.93. The zero-order valence-electron chi connectivity index (χ0n) is 23.4. The minimum Gasteiger partial charge on any atom is -0.334 e. The summed E-state index contributed by atoms with van der Waals surface area (Å²) in [5, 5.41) is 4.67. The predicted molar refractivity (Wildman–Crippen MR) is 156 cm³/mol. The molecule has 0 aliphatic carbocycles. The zero-order valence-corrected chi connectivity index (χ0v) is 25.0. The van der Waals surface area contributed by atoms with Crippen LogP contribution in [0.5, 0.6) is 0 Å². The van der Waals surface area contributed by atoms with Crippen molar-refractivity contribution in [3.8, 4) is 5.69 Å². The molecule has 2 aromatic carbocycles. The fourth-order valence-corrected chi connectivity index (χ4v) is 6.26. The summed E-state index contributed by atoms with van der Waals surface area (Å²) in [6.45, 7) is 5.99. The summed E-state index contributed by atoms with van der Waals surface area (Å²) in [5.41, 5.74) is 3.70. The molecule has 0 N–H and O–H groups in total. The van der Waals surface area contributed by atoms with Crippen LogP contribution in [0.25, 0.3) is 22.4 Å². The van der Waals surface area contributed by atoms with E-state index in [9.17, 15) is 22.8 Å². The number of imidazole rings is 1. The van der Waals surface area contributed by atoms with Crippen molar-refractivity contribution >= 4 is 38.5 Å². The van der Waals surface area contributed by atoms with Crippen LogP contribution in [-0.2, 0) is 32.6 Å². The second-order valence-corrected chi connectivity index (χ2v) is 12.1. The largest absolute Gasteiger partial charge is 0.417 e. The first-order valence-electron chi connectivity index (χ1n) is 13.6. The van der Waals surface area contributed by atoms with E-state index in [2.05, 4.69) is 39.9 Å². The van der Waals surface area contributed by atoms with Crippen molar-refractivity contribution in [1.29, 1.82) is 0 Å². The third-order valence-corrected chi connectivity index (χ3v) is 8.51. The van der Waals surface area contributed by atoms with Gasteiger partial charge in [0.25, 0.3) is 11.5 Å². The number of hydrogen-bond donors (Lipinski definition) is 0. The molecule has 8 nitrogen and oxygen atoms in total. The first kappa shape index (κ1) is 28.2. The van der Waals surface area contributed by atoms with Crippen LogP contribution in [0.1, 0.15) is 53.5 Å². The molecule has 5 aromatic rings. The van der Waals surface area contributed by atoms with Crippen LogP contribution in [-0.4, -0.2) is 40.6 Å². The van der Waals surface area contributed by atoms with Gasteiger partial charge < -0.3 is 9.47 Å². The lowest BCUT2D eigenvalue weighted by Crippen LogP contribution is -2.46. The first-order chi connectivity index (χ1) is 19.8. The molecular weight excluding hydrogens is 613 g/mol. The van der Waals surface area contributed by atoms with E-state index >= 15 is 0 Å². The summed E-state index contributed by atoms with van der Waals surface area (Å²) in [5.74, 6) is -0.257. The molecule has 0 unspecified atom stereocenters. The number of rotatable bonds is 4. The Balaban J connectivity index is 1.50. The smallest absolute Gasteiger partial charge is 0.334 e. The topological polar surface area (TPSA) is 77.4 Å². The van der Waals surface area contributed by atoms with Gasteiger partial charge in [0.2, 0.25) is 0 Å². The number of fused-ring (bicyclic) bond motifs is 4. The molecule has 0 spiro atoms. The summed E-state index contributed by atoms with van der Waals surface area (Å²) < 4.78 is 45.9. The first-order valence-corrected chi connectivity index (χ1v) is 14.4. The third kappa shape index (κ3) is 4.61. The van der Waals surface area contributed by atoms with Gasteiger partial charge in [-0.3, -0.25) is 14.2 Å². The molecule has 0 saturated heterocycles. The summed E-state index contributed by atoms with van der Waals surface area (Å²) >= 11 is 2.94. The van der Waals surface area contributed by atoms with Gasteiger partial charge in [-0.1, -0.05) is 29.8 Å². The van der Waals surface area contributed by atoms with Crippen LogP contribution in [0.2, 0.25) is 0 Å². The van der Waals surface area contributed by atoms with Crippen molar-refractivity contribution in [2.75, 3.05) is 0 Å². The van der Waals surface area contributed by atoms with Gasteiger partial charge >= 0.3 is 6.18 Å². The molecule has 1 amide bonds. The second-order valence-electron chi connectivity index (χ2n) is 11.3. The average Bonchev–Trinajstić information content (AvgIpc) is 3.50. The fraction of sp³-hybridized carbons (Fsp3) is 0.333. The van der Waals surface area contributed by atoms with Crippen molar-refractivity contribution in [2.45, 2.75) is 52.4 Å². The molecule has 0 fully saturated rings. The van der Waals surface area contributed by atoms with E-state index in [1.165, 1.54) is 17.0 Å². The zero-order chi connectivity index (χ0) is 30.1. The number of alkyl halides is 3. The van der Waals surface area contributed by atoms with Gasteiger partial charge in [-0.05, 0) is 62.1 Å². The van der Waals surface area contributed by atoms with Crippen molar-refractivity contribution in [1.82, 2.24) is 28.6 Å². The maximum Gasteiger partial charge on any atom is 0.417 e. The standard InChI is InChI=1S/C30H28BrF3N6O2/c1-16(2)9-19-13-36-40-26-14-38(28(41)18-5-7-23(31)22(11-18)30(32,33)34)17(3)10-21(26)29(42)39(27(19)40)20-6-8-25-24(12-20)35-15-37(25)4/h5-8,11-13,15-17H,9-10,14H2,1-4H3/t17-/m1/s1. The van der Waals surface area contributed by atoms with Gasteiger partial charge in [-0.25, -0.2) is 9.50 Å². The lowest BCUT2D eigenvalue weighted by molar-refractivity contribution is -0.138. The number of hydrogen-bond acceptors (Lipinski definition) is 4. The van der Waals surface area contributed by atoms with Crippen molar-refractivity contribution < 1.29 is 18.0 Å². The monoisotopic (exact) mass is 640 g/mol. The van der Waals surface area contributed by atoms with Crippen LogP contribution < -0.4 is 5.56 Å². The van der Waals surface area contributed by atoms with Gasteiger partial charge in [0.1, 0.15) is 5.65 Å². The van der Waals surface area contributed by atoms with Gasteiger partial charge in [0, 0.05) is 34.3 Å². The molecule has 0 bridgehead atoms. The van der Waals surface area contributed by atoms with E-state index in [0.717, 1.165) is 22.7 Å². The number of aromatic nitrogens is 5. The van der Waals surface area contributed by atoms with Crippen molar-refractivity contribution in [2.24, 2.45) is 13.0 Å². The lowest BCUT2D eigenvalue weighted by atomic mass is 9.97. The molecule has 0 saturated carbocycles. The summed E-state index contributed by atoms with van der Waals surface area (Å²) in [6, 6.07) is 8.73. The predicted octanol–water partition coefficient (Wildman–Crippen LogP) is 5.94. The number of nitrogens with zero attached hydrogens (tertiary/aromatic N) is 6. The lowest BCUT2D eigenvalue weighted by Gasteiger charge is -2.35. The number of halogens is 4. The Morgan fingerprint density at radius 2 is 1.93 bits per heavy atom. The Morgan fingerprint density at radius 1 is 1.17 bits per heavy atom. The van der Waals surface area contributed by atoms with E-state index in [1.807, 2.05) is 29.8 Å². The Bertz CT molecular complexity index is 1940. The number of amides is 1. The molecule has 218 valence electrons. The number of carbonyl (C=O) groups excluding carboxylic acids is 1. The number of benzene rings is 2.